The highest BCUT2D eigenvalue weighted by Gasteiger charge is 2.17. The third-order valence-corrected chi connectivity index (χ3v) is 6.10. The van der Waals surface area contributed by atoms with Crippen molar-refractivity contribution in [3.8, 4) is 5.75 Å². The van der Waals surface area contributed by atoms with Crippen LogP contribution in [0.1, 0.15) is 29.4 Å². The number of rotatable bonds is 8. The van der Waals surface area contributed by atoms with Gasteiger partial charge >= 0.3 is 0 Å². The quantitative estimate of drug-likeness (QED) is 0.400. The van der Waals surface area contributed by atoms with Crippen LogP contribution >= 0.6 is 23.1 Å². The molecule has 0 saturated carbocycles. The zero-order valence-corrected chi connectivity index (χ0v) is 16.6. The smallest absolute Gasteiger partial charge is 0.234 e. The first-order valence-corrected chi connectivity index (χ1v) is 10.8. The summed E-state index contributed by atoms with van der Waals surface area (Å²) in [5.74, 6) is 3.57. The summed E-state index contributed by atoms with van der Waals surface area (Å²) < 4.78 is 7.82. The van der Waals surface area contributed by atoms with Crippen molar-refractivity contribution >= 4 is 28.1 Å². The van der Waals surface area contributed by atoms with E-state index in [-0.39, 0.29) is 6.10 Å². The molecule has 0 fully saturated rings. The topological polar surface area (TPSA) is 52.3 Å². The van der Waals surface area contributed by atoms with Crippen molar-refractivity contribution in [2.24, 2.45) is 0 Å². The van der Waals surface area contributed by atoms with E-state index in [4.69, 9.17) is 4.74 Å². The molecule has 7 heteroatoms. The van der Waals surface area contributed by atoms with Crippen LogP contribution in [0.2, 0.25) is 0 Å². The first kappa shape index (κ1) is 18.0. The molecule has 2 aromatic carbocycles. The summed E-state index contributed by atoms with van der Waals surface area (Å²) in [6, 6.07) is 20.3. The summed E-state index contributed by atoms with van der Waals surface area (Å²) in [4.78, 5) is 0.812. The highest BCUT2D eigenvalue weighted by Crippen LogP contribution is 2.26. The largest absolute Gasteiger partial charge is 0.483 e. The third kappa shape index (κ3) is 4.48. The van der Waals surface area contributed by atoms with Gasteiger partial charge in [-0.25, -0.2) is 0 Å². The molecule has 0 spiro atoms. The highest BCUT2D eigenvalue weighted by molar-refractivity contribution is 7.98. The van der Waals surface area contributed by atoms with E-state index in [0.717, 1.165) is 39.5 Å². The standard InChI is InChI=1S/C20H20N4OS2/c1-15(25-17-10-6-3-7-11-17)19-23-24-18(21-22-20(24)27-19)14-26-13-12-16-8-4-2-5-9-16/h2-11,15H,12-14H2,1H3. The van der Waals surface area contributed by atoms with Gasteiger partial charge in [-0.2, -0.15) is 21.4 Å². The molecule has 0 aliphatic heterocycles. The minimum atomic E-state index is -0.127. The number of thioether (sulfide) groups is 1. The average molecular weight is 397 g/mol. The van der Waals surface area contributed by atoms with E-state index in [0.29, 0.717) is 0 Å². The lowest BCUT2D eigenvalue weighted by atomic mass is 10.2. The van der Waals surface area contributed by atoms with E-state index in [2.05, 4.69) is 39.6 Å². The van der Waals surface area contributed by atoms with Gasteiger partial charge in [-0.15, -0.1) is 10.2 Å². The summed E-state index contributed by atoms with van der Waals surface area (Å²) in [6.07, 6.45) is 0.926. The van der Waals surface area contributed by atoms with Gasteiger partial charge in [0, 0.05) is 0 Å². The lowest BCUT2D eigenvalue weighted by Crippen LogP contribution is -2.04. The molecular weight excluding hydrogens is 376 g/mol. The fraction of sp³-hybridized carbons (Fsp3) is 0.250. The Labute approximate surface area is 166 Å². The zero-order valence-electron chi connectivity index (χ0n) is 15.0. The van der Waals surface area contributed by atoms with Gasteiger partial charge in [0.15, 0.2) is 10.8 Å². The highest BCUT2D eigenvalue weighted by atomic mass is 32.2. The van der Waals surface area contributed by atoms with Gasteiger partial charge in [0.2, 0.25) is 4.96 Å². The van der Waals surface area contributed by atoms with Crippen molar-refractivity contribution < 1.29 is 4.74 Å². The van der Waals surface area contributed by atoms with Crippen molar-refractivity contribution in [2.75, 3.05) is 5.75 Å². The fourth-order valence-corrected chi connectivity index (χ4v) is 4.40. The maximum atomic E-state index is 5.97. The number of hydrogen-bond donors (Lipinski definition) is 0. The van der Waals surface area contributed by atoms with Crippen molar-refractivity contribution in [1.29, 1.82) is 0 Å². The number of fused-ring (bicyclic) bond motifs is 1. The van der Waals surface area contributed by atoms with Gasteiger partial charge in [0.1, 0.15) is 11.9 Å². The number of para-hydroxylation sites is 1. The second kappa shape index (κ2) is 8.54. The van der Waals surface area contributed by atoms with Gasteiger partial charge in [-0.1, -0.05) is 59.9 Å². The van der Waals surface area contributed by atoms with Gasteiger partial charge in [0.05, 0.1) is 5.75 Å². The van der Waals surface area contributed by atoms with Gasteiger partial charge in [-0.3, -0.25) is 0 Å². The van der Waals surface area contributed by atoms with Crippen molar-refractivity contribution in [3.63, 3.8) is 0 Å². The van der Waals surface area contributed by atoms with E-state index in [9.17, 15) is 0 Å². The Hall–Kier alpha value is -2.38. The van der Waals surface area contributed by atoms with Gasteiger partial charge in [-0.05, 0) is 36.8 Å². The first-order valence-electron chi connectivity index (χ1n) is 8.84. The van der Waals surface area contributed by atoms with Crippen LogP contribution in [0.4, 0.5) is 0 Å². The molecule has 4 rings (SSSR count). The number of benzene rings is 2. The number of ether oxygens (including phenoxy) is 1. The summed E-state index contributed by atoms with van der Waals surface area (Å²) in [5.41, 5.74) is 1.36. The minimum absolute atomic E-state index is 0.127. The number of hydrogen-bond acceptors (Lipinski definition) is 6. The minimum Gasteiger partial charge on any atom is -0.483 e. The molecule has 0 bridgehead atoms. The van der Waals surface area contributed by atoms with Crippen molar-refractivity contribution in [3.05, 3.63) is 77.1 Å². The number of aromatic nitrogens is 4. The molecule has 0 aliphatic carbocycles. The Morgan fingerprint density at radius 3 is 2.56 bits per heavy atom. The lowest BCUT2D eigenvalue weighted by molar-refractivity contribution is 0.225. The second-order valence-corrected chi connectivity index (χ2v) is 8.20. The molecule has 0 saturated heterocycles. The Bertz CT molecular complexity index is 985. The SMILES string of the molecule is CC(Oc1ccccc1)c1nn2c(CSCCc3ccccc3)nnc2s1. The maximum Gasteiger partial charge on any atom is 0.234 e. The molecule has 138 valence electrons. The molecule has 5 nitrogen and oxygen atoms in total. The van der Waals surface area contributed by atoms with Crippen molar-refractivity contribution in [1.82, 2.24) is 19.8 Å². The maximum absolute atomic E-state index is 5.97. The molecule has 1 unspecified atom stereocenters. The van der Waals surface area contributed by atoms with E-state index >= 15 is 0 Å². The zero-order chi connectivity index (χ0) is 18.5. The summed E-state index contributed by atoms with van der Waals surface area (Å²) in [5, 5.41) is 14.1. The molecule has 0 N–H and O–H groups in total. The Balaban J connectivity index is 1.37. The van der Waals surface area contributed by atoms with Crippen molar-refractivity contribution in [2.45, 2.75) is 25.2 Å². The number of aryl methyl sites for hydroxylation is 1. The molecule has 27 heavy (non-hydrogen) atoms. The first-order chi connectivity index (χ1) is 13.3. The Morgan fingerprint density at radius 1 is 1.04 bits per heavy atom. The van der Waals surface area contributed by atoms with Crippen LogP contribution in [0.5, 0.6) is 5.75 Å². The summed E-state index contributed by atoms with van der Waals surface area (Å²) in [6.45, 7) is 2.01. The van der Waals surface area contributed by atoms with Crippen LogP contribution in [0, 0.1) is 0 Å². The Morgan fingerprint density at radius 2 is 1.78 bits per heavy atom. The lowest BCUT2D eigenvalue weighted by Gasteiger charge is -2.11. The van der Waals surface area contributed by atoms with Crippen LogP contribution in [-0.4, -0.2) is 25.6 Å². The van der Waals surface area contributed by atoms with Crippen LogP contribution in [0.3, 0.4) is 0 Å². The van der Waals surface area contributed by atoms with E-state index in [1.54, 1.807) is 0 Å². The molecule has 2 aromatic heterocycles. The predicted molar refractivity (Wildman–Crippen MR) is 110 cm³/mol. The second-order valence-electron chi connectivity index (χ2n) is 6.11. The Kier molecular flexibility index (Phi) is 5.69. The summed E-state index contributed by atoms with van der Waals surface area (Å²) >= 11 is 3.38. The molecular formula is C20H20N4OS2. The average Bonchev–Trinajstić information content (AvgIpc) is 3.28. The molecule has 0 amide bonds. The van der Waals surface area contributed by atoms with E-state index in [1.807, 2.05) is 59.6 Å². The number of nitrogens with zero attached hydrogens (tertiary/aromatic N) is 4. The molecule has 4 aromatic rings. The van der Waals surface area contributed by atoms with Gasteiger partial charge in [0.25, 0.3) is 0 Å². The van der Waals surface area contributed by atoms with E-state index in [1.165, 1.54) is 16.9 Å². The molecule has 0 radical (unpaired) electrons. The monoisotopic (exact) mass is 396 g/mol. The fourth-order valence-electron chi connectivity index (χ4n) is 2.68. The van der Waals surface area contributed by atoms with Gasteiger partial charge < -0.3 is 4.74 Å². The van der Waals surface area contributed by atoms with Crippen LogP contribution < -0.4 is 4.74 Å². The predicted octanol–water partition coefficient (Wildman–Crippen LogP) is 4.80. The third-order valence-electron chi connectivity index (χ3n) is 4.08. The van der Waals surface area contributed by atoms with E-state index < -0.39 is 0 Å². The molecule has 1 atom stereocenters. The normalized spacial score (nSPS) is 12.3. The van der Waals surface area contributed by atoms with Crippen LogP contribution in [0.25, 0.3) is 4.96 Å². The summed E-state index contributed by atoms with van der Waals surface area (Å²) in [7, 11) is 0. The molecule has 2 heterocycles. The molecule has 0 aliphatic rings. The van der Waals surface area contributed by atoms with Crippen LogP contribution in [-0.2, 0) is 12.2 Å². The van der Waals surface area contributed by atoms with Crippen LogP contribution in [0.15, 0.2) is 60.7 Å².